The predicted molar refractivity (Wildman–Crippen MR) is 122 cm³/mol. The molecule has 0 saturated carbocycles. The van der Waals surface area contributed by atoms with Crippen LogP contribution in [0.15, 0.2) is 103 Å². The van der Waals surface area contributed by atoms with Crippen molar-refractivity contribution in [3.8, 4) is 28.0 Å². The lowest BCUT2D eigenvalue weighted by molar-refractivity contribution is 0.264. The highest BCUT2D eigenvalue weighted by Crippen LogP contribution is 2.35. The molecule has 5 rings (SSSR count). The van der Waals surface area contributed by atoms with Crippen LogP contribution in [-0.2, 0) is 11.2 Å². The lowest BCUT2D eigenvalue weighted by Crippen LogP contribution is -2.05. The van der Waals surface area contributed by atoms with E-state index in [-0.39, 0.29) is 6.10 Å². The molecule has 1 aliphatic rings. The number of hydrogen-bond donors (Lipinski definition) is 0. The fraction of sp³-hybridized carbons (Fsp3) is 0.143. The summed E-state index contributed by atoms with van der Waals surface area (Å²) >= 11 is 0. The van der Waals surface area contributed by atoms with Gasteiger partial charge in [0.25, 0.3) is 0 Å². The van der Waals surface area contributed by atoms with Crippen LogP contribution in [0.3, 0.4) is 0 Å². The molecule has 0 radical (unpaired) electrons. The SMILES string of the molecule is c1ccc(Cc2cc(-c3ccccc3)cc(-c3ccccc3OCC3CO3)c2)cc1. The molecule has 0 spiro atoms. The molecule has 4 aromatic carbocycles. The van der Waals surface area contributed by atoms with Crippen LogP contribution in [0.2, 0.25) is 0 Å². The zero-order valence-corrected chi connectivity index (χ0v) is 16.8. The Hall–Kier alpha value is -3.36. The van der Waals surface area contributed by atoms with Crippen molar-refractivity contribution in [3.63, 3.8) is 0 Å². The molecule has 2 heteroatoms. The second-order valence-corrected chi connectivity index (χ2v) is 7.71. The summed E-state index contributed by atoms with van der Waals surface area (Å²) in [5.41, 5.74) is 7.33. The molecular weight excluding hydrogens is 368 g/mol. The van der Waals surface area contributed by atoms with Crippen LogP contribution in [-0.4, -0.2) is 19.3 Å². The molecule has 0 aromatic heterocycles. The molecule has 1 atom stereocenters. The van der Waals surface area contributed by atoms with Crippen molar-refractivity contribution in [2.75, 3.05) is 13.2 Å². The van der Waals surface area contributed by atoms with E-state index in [1.165, 1.54) is 27.8 Å². The van der Waals surface area contributed by atoms with Crippen molar-refractivity contribution in [2.24, 2.45) is 0 Å². The highest BCUT2D eigenvalue weighted by atomic mass is 16.6. The summed E-state index contributed by atoms with van der Waals surface area (Å²) in [4.78, 5) is 0. The number of hydrogen-bond acceptors (Lipinski definition) is 2. The first-order valence-corrected chi connectivity index (χ1v) is 10.4. The highest BCUT2D eigenvalue weighted by Gasteiger charge is 2.23. The van der Waals surface area contributed by atoms with E-state index in [0.717, 1.165) is 24.3 Å². The smallest absolute Gasteiger partial charge is 0.127 e. The third kappa shape index (κ3) is 4.45. The molecule has 4 aromatic rings. The molecule has 1 heterocycles. The van der Waals surface area contributed by atoms with Crippen LogP contribution in [0.25, 0.3) is 22.3 Å². The van der Waals surface area contributed by atoms with Gasteiger partial charge in [0.05, 0.1) is 6.61 Å². The van der Waals surface area contributed by atoms with Crippen LogP contribution in [0.5, 0.6) is 5.75 Å². The second-order valence-electron chi connectivity index (χ2n) is 7.71. The van der Waals surface area contributed by atoms with Crippen molar-refractivity contribution in [1.82, 2.24) is 0 Å². The van der Waals surface area contributed by atoms with E-state index in [0.29, 0.717) is 6.61 Å². The van der Waals surface area contributed by atoms with E-state index in [1.807, 2.05) is 12.1 Å². The summed E-state index contributed by atoms with van der Waals surface area (Å²) in [6, 6.07) is 36.3. The van der Waals surface area contributed by atoms with Gasteiger partial charge < -0.3 is 9.47 Å². The minimum Gasteiger partial charge on any atom is -0.490 e. The first-order valence-electron chi connectivity index (χ1n) is 10.4. The van der Waals surface area contributed by atoms with Crippen molar-refractivity contribution >= 4 is 0 Å². The summed E-state index contributed by atoms with van der Waals surface area (Å²) in [6.45, 7) is 1.40. The van der Waals surface area contributed by atoms with Gasteiger partial charge in [-0.25, -0.2) is 0 Å². The van der Waals surface area contributed by atoms with Gasteiger partial charge in [-0.2, -0.15) is 0 Å². The molecule has 1 saturated heterocycles. The molecule has 0 bridgehead atoms. The molecule has 0 N–H and O–H groups in total. The van der Waals surface area contributed by atoms with Gasteiger partial charge in [0.1, 0.15) is 18.5 Å². The van der Waals surface area contributed by atoms with Crippen LogP contribution in [0.1, 0.15) is 11.1 Å². The molecule has 148 valence electrons. The van der Waals surface area contributed by atoms with Crippen molar-refractivity contribution < 1.29 is 9.47 Å². The van der Waals surface area contributed by atoms with Gasteiger partial charge in [-0.3, -0.25) is 0 Å². The monoisotopic (exact) mass is 392 g/mol. The summed E-state index contributed by atoms with van der Waals surface area (Å²) in [5, 5.41) is 0. The Bertz CT molecular complexity index is 1120. The van der Waals surface area contributed by atoms with E-state index in [1.54, 1.807) is 0 Å². The van der Waals surface area contributed by atoms with Crippen molar-refractivity contribution in [3.05, 3.63) is 114 Å². The predicted octanol–water partition coefficient (Wildman–Crippen LogP) is 6.39. The van der Waals surface area contributed by atoms with Gasteiger partial charge >= 0.3 is 0 Å². The van der Waals surface area contributed by atoms with Gasteiger partial charge in [0.15, 0.2) is 0 Å². The standard InChI is InChI=1S/C28H24O2/c1-3-9-21(10-4-1)15-22-16-24(23-11-5-2-6-12-23)18-25(17-22)27-13-7-8-14-28(27)30-20-26-19-29-26/h1-14,16-18,26H,15,19-20H2. The van der Waals surface area contributed by atoms with Gasteiger partial charge in [0, 0.05) is 5.56 Å². The van der Waals surface area contributed by atoms with E-state index < -0.39 is 0 Å². The Morgan fingerprint density at radius 3 is 2.10 bits per heavy atom. The van der Waals surface area contributed by atoms with Crippen LogP contribution in [0.4, 0.5) is 0 Å². The molecule has 0 amide bonds. The zero-order valence-electron chi connectivity index (χ0n) is 16.8. The summed E-state index contributed by atoms with van der Waals surface area (Å²) in [6.07, 6.45) is 1.13. The number of para-hydroxylation sites is 1. The lowest BCUT2D eigenvalue weighted by atomic mass is 9.93. The van der Waals surface area contributed by atoms with E-state index in [9.17, 15) is 0 Å². The molecule has 1 fully saturated rings. The average Bonchev–Trinajstić information content (AvgIpc) is 3.64. The Morgan fingerprint density at radius 1 is 0.667 bits per heavy atom. The normalized spacial score (nSPS) is 15.0. The van der Waals surface area contributed by atoms with E-state index >= 15 is 0 Å². The van der Waals surface area contributed by atoms with Gasteiger partial charge in [-0.1, -0.05) is 91.0 Å². The quantitative estimate of drug-likeness (QED) is 0.340. The van der Waals surface area contributed by atoms with E-state index in [4.69, 9.17) is 9.47 Å². The number of benzene rings is 4. The van der Waals surface area contributed by atoms with Crippen LogP contribution >= 0.6 is 0 Å². The summed E-state index contributed by atoms with van der Waals surface area (Å²) in [5.74, 6) is 0.906. The molecular formula is C28H24O2. The van der Waals surface area contributed by atoms with Gasteiger partial charge in [0.2, 0.25) is 0 Å². The fourth-order valence-corrected chi connectivity index (χ4v) is 3.76. The Kier molecular flexibility index (Phi) is 5.32. The number of ether oxygens (including phenoxy) is 2. The third-order valence-electron chi connectivity index (χ3n) is 5.38. The van der Waals surface area contributed by atoms with Gasteiger partial charge in [-0.15, -0.1) is 0 Å². The summed E-state index contributed by atoms with van der Waals surface area (Å²) < 4.78 is 11.4. The largest absolute Gasteiger partial charge is 0.490 e. The van der Waals surface area contributed by atoms with Gasteiger partial charge in [-0.05, 0) is 46.4 Å². The number of epoxide rings is 1. The van der Waals surface area contributed by atoms with Crippen molar-refractivity contribution in [1.29, 1.82) is 0 Å². The van der Waals surface area contributed by atoms with Crippen molar-refractivity contribution in [2.45, 2.75) is 12.5 Å². The average molecular weight is 392 g/mol. The summed E-state index contributed by atoms with van der Waals surface area (Å²) in [7, 11) is 0. The molecule has 2 nitrogen and oxygen atoms in total. The first-order chi connectivity index (χ1) is 14.8. The molecule has 0 aliphatic carbocycles. The number of rotatable bonds is 7. The maximum atomic E-state index is 6.09. The van der Waals surface area contributed by atoms with E-state index in [2.05, 4.69) is 91.0 Å². The Morgan fingerprint density at radius 2 is 1.33 bits per heavy atom. The van der Waals surface area contributed by atoms with Crippen LogP contribution in [0, 0.1) is 0 Å². The molecule has 30 heavy (non-hydrogen) atoms. The lowest BCUT2D eigenvalue weighted by Gasteiger charge is -2.14. The first kappa shape index (κ1) is 18.7. The van der Waals surface area contributed by atoms with Crippen LogP contribution < -0.4 is 4.74 Å². The Labute approximate surface area is 177 Å². The minimum atomic E-state index is 0.238. The highest BCUT2D eigenvalue weighted by molar-refractivity contribution is 5.77. The maximum Gasteiger partial charge on any atom is 0.127 e. The molecule has 1 aliphatic heterocycles. The Balaban J connectivity index is 1.56. The second kappa shape index (κ2) is 8.56. The molecule has 1 unspecified atom stereocenters. The fourth-order valence-electron chi connectivity index (χ4n) is 3.76. The minimum absolute atomic E-state index is 0.238. The third-order valence-corrected chi connectivity index (χ3v) is 5.38. The topological polar surface area (TPSA) is 21.8 Å². The zero-order chi connectivity index (χ0) is 20.2. The maximum absolute atomic E-state index is 6.09.